The molecule has 0 spiro atoms. The molecule has 0 aliphatic rings. The Morgan fingerprint density at radius 3 is 2.57 bits per heavy atom. The Morgan fingerprint density at radius 2 is 1.96 bits per heavy atom. The van der Waals surface area contributed by atoms with E-state index in [1.165, 1.54) is 5.56 Å². The van der Waals surface area contributed by atoms with Crippen molar-refractivity contribution in [2.24, 2.45) is 5.73 Å². The molecule has 0 saturated heterocycles. The van der Waals surface area contributed by atoms with E-state index < -0.39 is 5.60 Å². The Morgan fingerprint density at radius 1 is 1.26 bits per heavy atom. The van der Waals surface area contributed by atoms with Gasteiger partial charge in [-0.3, -0.25) is 0 Å². The summed E-state index contributed by atoms with van der Waals surface area (Å²) in [6, 6.07) is 5.97. The zero-order chi connectivity index (χ0) is 17.5. The average Bonchev–Trinajstić information content (AvgIpc) is 2.46. The Balaban J connectivity index is 2.26. The maximum atomic E-state index is 11.8. The Bertz CT molecular complexity index is 509. The molecule has 0 aliphatic heterocycles. The van der Waals surface area contributed by atoms with Gasteiger partial charge in [0.05, 0.1) is 6.61 Å². The van der Waals surface area contributed by atoms with E-state index in [1.54, 1.807) is 11.9 Å². The molecule has 1 rings (SSSR count). The van der Waals surface area contributed by atoms with Crippen molar-refractivity contribution < 1.29 is 14.3 Å². The van der Waals surface area contributed by atoms with Crippen molar-refractivity contribution in [2.75, 3.05) is 20.2 Å². The van der Waals surface area contributed by atoms with Gasteiger partial charge in [-0.15, -0.1) is 0 Å². The van der Waals surface area contributed by atoms with Crippen molar-refractivity contribution in [3.8, 4) is 5.75 Å². The van der Waals surface area contributed by atoms with Crippen LogP contribution in [0.3, 0.4) is 0 Å². The summed E-state index contributed by atoms with van der Waals surface area (Å²) >= 11 is 0. The first-order valence-corrected chi connectivity index (χ1v) is 8.09. The molecule has 5 nitrogen and oxygen atoms in total. The number of aryl methyl sites for hydroxylation is 1. The van der Waals surface area contributed by atoms with E-state index in [2.05, 4.69) is 0 Å². The number of amides is 1. The minimum absolute atomic E-state index is 0.287. The molecule has 0 bridgehead atoms. The van der Waals surface area contributed by atoms with Gasteiger partial charge in [0.15, 0.2) is 0 Å². The summed E-state index contributed by atoms with van der Waals surface area (Å²) in [4.78, 5) is 13.4. The van der Waals surface area contributed by atoms with Gasteiger partial charge in [0.1, 0.15) is 11.4 Å². The van der Waals surface area contributed by atoms with Gasteiger partial charge in [0, 0.05) is 20.1 Å². The van der Waals surface area contributed by atoms with Crippen LogP contribution >= 0.6 is 0 Å². The van der Waals surface area contributed by atoms with Gasteiger partial charge in [0.2, 0.25) is 0 Å². The number of ether oxygens (including phenoxy) is 2. The molecule has 0 atom stereocenters. The molecule has 0 heterocycles. The summed E-state index contributed by atoms with van der Waals surface area (Å²) < 4.78 is 11.0. The van der Waals surface area contributed by atoms with Crippen LogP contribution in [-0.2, 0) is 11.3 Å². The van der Waals surface area contributed by atoms with Crippen molar-refractivity contribution in [1.29, 1.82) is 0 Å². The highest BCUT2D eigenvalue weighted by Gasteiger charge is 2.18. The highest BCUT2D eigenvalue weighted by molar-refractivity contribution is 5.67. The molecular formula is C18H30N2O3. The van der Waals surface area contributed by atoms with Crippen molar-refractivity contribution in [1.82, 2.24) is 4.90 Å². The third kappa shape index (κ3) is 7.37. The zero-order valence-electron chi connectivity index (χ0n) is 15.0. The minimum atomic E-state index is -0.458. The smallest absolute Gasteiger partial charge is 0.410 e. The zero-order valence-corrected chi connectivity index (χ0v) is 15.0. The first kappa shape index (κ1) is 19.3. The van der Waals surface area contributed by atoms with Crippen LogP contribution < -0.4 is 10.5 Å². The van der Waals surface area contributed by atoms with Gasteiger partial charge in [-0.2, -0.15) is 0 Å². The number of hydrogen-bond acceptors (Lipinski definition) is 4. The molecule has 0 radical (unpaired) electrons. The summed E-state index contributed by atoms with van der Waals surface area (Å²) in [5.41, 5.74) is 7.52. The second-order valence-corrected chi connectivity index (χ2v) is 6.75. The molecule has 1 aromatic rings. The topological polar surface area (TPSA) is 64.8 Å². The molecule has 1 aromatic carbocycles. The molecule has 0 fully saturated rings. The summed E-state index contributed by atoms with van der Waals surface area (Å²) in [5.74, 6) is 0.844. The fraction of sp³-hybridized carbons (Fsp3) is 0.611. The molecule has 1 amide bonds. The van der Waals surface area contributed by atoms with E-state index in [0.717, 1.165) is 24.2 Å². The number of nitrogens with two attached hydrogens (primary N) is 1. The largest absolute Gasteiger partial charge is 0.494 e. The van der Waals surface area contributed by atoms with Crippen molar-refractivity contribution >= 4 is 6.09 Å². The van der Waals surface area contributed by atoms with Gasteiger partial charge in [-0.05, 0) is 63.8 Å². The number of unbranched alkanes of at least 4 members (excludes halogenated alkanes) is 1. The molecule has 5 heteroatoms. The van der Waals surface area contributed by atoms with Gasteiger partial charge in [-0.1, -0.05) is 6.07 Å². The van der Waals surface area contributed by atoms with E-state index in [9.17, 15) is 4.79 Å². The summed E-state index contributed by atoms with van der Waals surface area (Å²) in [5, 5.41) is 0. The van der Waals surface area contributed by atoms with Crippen LogP contribution in [0, 0.1) is 6.92 Å². The number of carbonyl (C=O) groups excluding carboxylic acids is 1. The lowest BCUT2D eigenvalue weighted by Crippen LogP contribution is -2.34. The second-order valence-electron chi connectivity index (χ2n) is 6.75. The predicted molar refractivity (Wildman–Crippen MR) is 92.7 cm³/mol. The molecule has 0 saturated carbocycles. The van der Waals surface area contributed by atoms with E-state index >= 15 is 0 Å². The molecule has 0 aliphatic carbocycles. The van der Waals surface area contributed by atoms with Gasteiger partial charge >= 0.3 is 6.09 Å². The number of rotatable bonds is 7. The summed E-state index contributed by atoms with van der Waals surface area (Å²) in [6.07, 6.45) is 1.45. The monoisotopic (exact) mass is 322 g/mol. The molecule has 2 N–H and O–H groups in total. The van der Waals surface area contributed by atoms with Crippen LogP contribution in [0.2, 0.25) is 0 Å². The SMILES string of the molecule is Cc1ccc(OCCCCN(C)C(=O)OC(C)(C)C)cc1CN. The van der Waals surface area contributed by atoms with Crippen LogP contribution in [-0.4, -0.2) is 36.8 Å². The van der Waals surface area contributed by atoms with Crippen LogP contribution in [0.15, 0.2) is 18.2 Å². The standard InChI is InChI=1S/C18H30N2O3/c1-14-8-9-16(12-15(14)13-19)22-11-7-6-10-20(5)17(21)23-18(2,3)4/h8-9,12H,6-7,10-11,13,19H2,1-5H3. The minimum Gasteiger partial charge on any atom is -0.494 e. The van der Waals surface area contributed by atoms with Crippen molar-refractivity contribution in [2.45, 2.75) is 52.7 Å². The lowest BCUT2D eigenvalue weighted by molar-refractivity contribution is 0.0294. The fourth-order valence-corrected chi connectivity index (χ4v) is 2.03. The maximum Gasteiger partial charge on any atom is 0.410 e. The van der Waals surface area contributed by atoms with Crippen LogP contribution in [0.5, 0.6) is 5.75 Å². The molecule has 0 aromatic heterocycles. The van der Waals surface area contributed by atoms with E-state index in [1.807, 2.05) is 45.9 Å². The average molecular weight is 322 g/mol. The molecular weight excluding hydrogens is 292 g/mol. The van der Waals surface area contributed by atoms with Gasteiger partial charge in [-0.25, -0.2) is 4.79 Å². The van der Waals surface area contributed by atoms with E-state index in [0.29, 0.717) is 19.7 Å². The molecule has 130 valence electrons. The first-order chi connectivity index (χ1) is 10.7. The van der Waals surface area contributed by atoms with Crippen LogP contribution in [0.25, 0.3) is 0 Å². The van der Waals surface area contributed by atoms with Crippen LogP contribution in [0.1, 0.15) is 44.7 Å². The lowest BCUT2D eigenvalue weighted by Gasteiger charge is -2.24. The fourth-order valence-electron chi connectivity index (χ4n) is 2.03. The van der Waals surface area contributed by atoms with Gasteiger partial charge < -0.3 is 20.1 Å². The quantitative estimate of drug-likeness (QED) is 0.781. The van der Waals surface area contributed by atoms with E-state index in [-0.39, 0.29) is 6.09 Å². The number of carbonyl (C=O) groups is 1. The highest BCUT2D eigenvalue weighted by Crippen LogP contribution is 2.17. The summed E-state index contributed by atoms with van der Waals surface area (Å²) in [6.45, 7) is 9.43. The molecule has 23 heavy (non-hydrogen) atoms. The van der Waals surface area contributed by atoms with E-state index in [4.69, 9.17) is 15.2 Å². The Labute approximate surface area is 139 Å². The third-order valence-electron chi connectivity index (χ3n) is 3.40. The Kier molecular flexibility index (Phi) is 7.36. The molecule has 0 unspecified atom stereocenters. The lowest BCUT2D eigenvalue weighted by atomic mass is 10.1. The predicted octanol–water partition coefficient (Wildman–Crippen LogP) is 3.48. The number of hydrogen-bond donors (Lipinski definition) is 1. The van der Waals surface area contributed by atoms with Crippen molar-refractivity contribution in [3.63, 3.8) is 0 Å². The maximum absolute atomic E-state index is 11.8. The summed E-state index contributed by atoms with van der Waals surface area (Å²) in [7, 11) is 1.75. The second kappa shape index (κ2) is 8.77. The third-order valence-corrected chi connectivity index (χ3v) is 3.40. The number of nitrogens with zero attached hydrogens (tertiary/aromatic N) is 1. The van der Waals surface area contributed by atoms with Gasteiger partial charge in [0.25, 0.3) is 0 Å². The Hall–Kier alpha value is -1.75. The number of benzene rings is 1. The normalized spacial score (nSPS) is 11.2. The van der Waals surface area contributed by atoms with Crippen molar-refractivity contribution in [3.05, 3.63) is 29.3 Å². The van der Waals surface area contributed by atoms with Crippen LogP contribution in [0.4, 0.5) is 4.79 Å². The first-order valence-electron chi connectivity index (χ1n) is 8.09. The highest BCUT2D eigenvalue weighted by atomic mass is 16.6.